The molecule has 0 unspecified atom stereocenters. The maximum Gasteiger partial charge on any atom is 0.284 e. The number of halogens is 1. The van der Waals surface area contributed by atoms with Gasteiger partial charge in [0, 0.05) is 17.9 Å². The molecule has 0 atom stereocenters. The van der Waals surface area contributed by atoms with Crippen molar-refractivity contribution < 1.29 is 9.34 Å². The molecule has 0 bridgehead atoms. The molecular formula is C12H12ClN3O3. The number of benzene rings is 1. The van der Waals surface area contributed by atoms with E-state index < -0.39 is 4.92 Å². The van der Waals surface area contributed by atoms with Crippen LogP contribution in [0.5, 0.6) is 0 Å². The lowest BCUT2D eigenvalue weighted by molar-refractivity contribution is -0.384. The van der Waals surface area contributed by atoms with E-state index in [0.29, 0.717) is 29.3 Å². The van der Waals surface area contributed by atoms with Gasteiger partial charge in [0.1, 0.15) is 5.56 Å². The predicted molar refractivity (Wildman–Crippen MR) is 70.2 cm³/mol. The summed E-state index contributed by atoms with van der Waals surface area (Å²) in [6.07, 6.45) is 1.29. The molecule has 7 heteroatoms. The lowest BCUT2D eigenvalue weighted by Crippen LogP contribution is -1.95. The summed E-state index contributed by atoms with van der Waals surface area (Å²) in [5.74, 6) is 1.11. The van der Waals surface area contributed by atoms with E-state index in [9.17, 15) is 10.1 Å². The fourth-order valence-electron chi connectivity index (χ4n) is 1.76. The van der Waals surface area contributed by atoms with Crippen LogP contribution in [0.25, 0.3) is 11.5 Å². The minimum Gasteiger partial charge on any atom is -0.420 e. The molecule has 6 nitrogen and oxygen atoms in total. The topological polar surface area (TPSA) is 82.1 Å². The van der Waals surface area contributed by atoms with Gasteiger partial charge in [-0.1, -0.05) is 12.1 Å². The quantitative estimate of drug-likeness (QED) is 0.478. The Labute approximate surface area is 114 Å². The van der Waals surface area contributed by atoms with Crippen LogP contribution in [-0.2, 0) is 6.42 Å². The van der Waals surface area contributed by atoms with Gasteiger partial charge < -0.3 is 4.42 Å². The molecule has 0 radical (unpaired) electrons. The standard InChI is InChI=1S/C12H12ClN3O3/c1-8-4-2-5-9(11(8)16(17)18)12-15-14-10(19-12)6-3-7-13/h2,4-5H,3,6-7H2,1H3. The number of hydrogen-bond acceptors (Lipinski definition) is 5. The van der Waals surface area contributed by atoms with Crippen molar-refractivity contribution in [2.45, 2.75) is 19.8 Å². The SMILES string of the molecule is Cc1cccc(-c2nnc(CCCCl)o2)c1[N+](=O)[O-]. The van der Waals surface area contributed by atoms with E-state index in [-0.39, 0.29) is 11.6 Å². The van der Waals surface area contributed by atoms with Crippen LogP contribution >= 0.6 is 11.6 Å². The van der Waals surface area contributed by atoms with E-state index in [1.807, 2.05) is 0 Å². The summed E-state index contributed by atoms with van der Waals surface area (Å²) in [7, 11) is 0. The fourth-order valence-corrected chi connectivity index (χ4v) is 1.89. The smallest absolute Gasteiger partial charge is 0.284 e. The Hall–Kier alpha value is -1.95. The van der Waals surface area contributed by atoms with Crippen molar-refractivity contribution >= 4 is 17.3 Å². The van der Waals surface area contributed by atoms with E-state index in [1.165, 1.54) is 0 Å². The number of alkyl halides is 1. The number of nitrogens with zero attached hydrogens (tertiary/aromatic N) is 3. The van der Waals surface area contributed by atoms with Crippen LogP contribution in [-0.4, -0.2) is 21.0 Å². The van der Waals surface area contributed by atoms with Crippen molar-refractivity contribution in [1.29, 1.82) is 0 Å². The van der Waals surface area contributed by atoms with Gasteiger partial charge in [0.05, 0.1) is 4.92 Å². The third-order valence-electron chi connectivity index (χ3n) is 2.64. The van der Waals surface area contributed by atoms with Crippen molar-refractivity contribution in [2.24, 2.45) is 0 Å². The lowest BCUT2D eigenvalue weighted by Gasteiger charge is -2.00. The van der Waals surface area contributed by atoms with Crippen LogP contribution in [0, 0.1) is 17.0 Å². The van der Waals surface area contributed by atoms with Crippen molar-refractivity contribution in [3.05, 3.63) is 39.8 Å². The second-order valence-electron chi connectivity index (χ2n) is 4.02. The zero-order chi connectivity index (χ0) is 13.8. The lowest BCUT2D eigenvalue weighted by atomic mass is 10.1. The first-order valence-corrected chi connectivity index (χ1v) is 6.29. The van der Waals surface area contributed by atoms with E-state index in [2.05, 4.69) is 10.2 Å². The van der Waals surface area contributed by atoms with Crippen LogP contribution in [0.4, 0.5) is 5.69 Å². The van der Waals surface area contributed by atoms with Gasteiger partial charge >= 0.3 is 0 Å². The molecule has 0 spiro atoms. The van der Waals surface area contributed by atoms with Gasteiger partial charge in [-0.2, -0.15) is 0 Å². The summed E-state index contributed by atoms with van der Waals surface area (Å²) >= 11 is 5.58. The van der Waals surface area contributed by atoms with Gasteiger partial charge in [-0.05, 0) is 19.4 Å². The molecule has 1 aromatic heterocycles. The molecule has 2 aromatic rings. The number of rotatable bonds is 5. The Kier molecular flexibility index (Phi) is 4.11. The van der Waals surface area contributed by atoms with Gasteiger partial charge in [0.2, 0.25) is 5.89 Å². The van der Waals surface area contributed by atoms with Crippen molar-refractivity contribution in [2.75, 3.05) is 5.88 Å². The molecule has 0 saturated carbocycles. The number of aryl methyl sites for hydroxylation is 2. The Morgan fingerprint density at radius 1 is 1.42 bits per heavy atom. The Balaban J connectivity index is 2.39. The average molecular weight is 282 g/mol. The Bertz CT molecular complexity index is 598. The van der Waals surface area contributed by atoms with Gasteiger partial charge in [-0.15, -0.1) is 21.8 Å². The first kappa shape index (κ1) is 13.5. The molecule has 0 saturated heterocycles. The molecule has 19 heavy (non-hydrogen) atoms. The van der Waals surface area contributed by atoms with Crippen LogP contribution in [0.3, 0.4) is 0 Å². The zero-order valence-corrected chi connectivity index (χ0v) is 11.1. The van der Waals surface area contributed by atoms with Gasteiger partial charge in [0.15, 0.2) is 0 Å². The summed E-state index contributed by atoms with van der Waals surface area (Å²) < 4.78 is 5.43. The Morgan fingerprint density at radius 3 is 2.89 bits per heavy atom. The molecule has 2 rings (SSSR count). The van der Waals surface area contributed by atoms with E-state index >= 15 is 0 Å². The average Bonchev–Trinajstić information content (AvgIpc) is 2.84. The third-order valence-corrected chi connectivity index (χ3v) is 2.91. The summed E-state index contributed by atoms with van der Waals surface area (Å²) in [5.41, 5.74) is 0.896. The highest BCUT2D eigenvalue weighted by molar-refractivity contribution is 6.17. The van der Waals surface area contributed by atoms with Crippen LogP contribution in [0.15, 0.2) is 22.6 Å². The number of nitro benzene ring substituents is 1. The van der Waals surface area contributed by atoms with Crippen LogP contribution in [0.2, 0.25) is 0 Å². The number of aromatic nitrogens is 2. The van der Waals surface area contributed by atoms with Crippen molar-refractivity contribution in [3.8, 4) is 11.5 Å². The molecule has 0 fully saturated rings. The molecule has 0 aliphatic rings. The van der Waals surface area contributed by atoms with Gasteiger partial charge in [0.25, 0.3) is 11.6 Å². The number of nitro groups is 1. The molecule has 100 valence electrons. The molecule has 0 amide bonds. The van der Waals surface area contributed by atoms with Crippen LogP contribution < -0.4 is 0 Å². The van der Waals surface area contributed by atoms with E-state index in [0.717, 1.165) is 6.42 Å². The first-order chi connectivity index (χ1) is 9.13. The maximum atomic E-state index is 11.1. The second kappa shape index (κ2) is 5.79. The van der Waals surface area contributed by atoms with Crippen molar-refractivity contribution in [3.63, 3.8) is 0 Å². The highest BCUT2D eigenvalue weighted by atomic mass is 35.5. The minimum atomic E-state index is -0.437. The largest absolute Gasteiger partial charge is 0.420 e. The summed E-state index contributed by atoms with van der Waals surface area (Å²) in [6.45, 7) is 1.67. The monoisotopic (exact) mass is 281 g/mol. The number of para-hydroxylation sites is 1. The van der Waals surface area contributed by atoms with Gasteiger partial charge in [-0.25, -0.2) is 0 Å². The summed E-state index contributed by atoms with van der Waals surface area (Å²) in [6, 6.07) is 5.00. The zero-order valence-electron chi connectivity index (χ0n) is 10.3. The molecule has 0 aliphatic heterocycles. The minimum absolute atomic E-state index is 0.00459. The second-order valence-corrected chi connectivity index (χ2v) is 4.40. The summed E-state index contributed by atoms with van der Waals surface area (Å²) in [5, 5.41) is 18.8. The highest BCUT2D eigenvalue weighted by Gasteiger charge is 2.22. The molecule has 0 aliphatic carbocycles. The van der Waals surface area contributed by atoms with Crippen molar-refractivity contribution in [1.82, 2.24) is 10.2 Å². The molecule has 1 aromatic carbocycles. The molecule has 0 N–H and O–H groups in total. The fraction of sp³-hybridized carbons (Fsp3) is 0.333. The maximum absolute atomic E-state index is 11.1. The predicted octanol–water partition coefficient (Wildman–Crippen LogP) is 3.12. The highest BCUT2D eigenvalue weighted by Crippen LogP contribution is 2.31. The van der Waals surface area contributed by atoms with Gasteiger partial charge in [-0.3, -0.25) is 10.1 Å². The first-order valence-electron chi connectivity index (χ1n) is 5.76. The van der Waals surface area contributed by atoms with Crippen LogP contribution in [0.1, 0.15) is 17.9 Å². The third kappa shape index (κ3) is 2.90. The number of hydrogen-bond donors (Lipinski definition) is 0. The van der Waals surface area contributed by atoms with E-state index in [1.54, 1.807) is 25.1 Å². The summed E-state index contributed by atoms with van der Waals surface area (Å²) in [4.78, 5) is 10.7. The molecular weight excluding hydrogens is 270 g/mol. The van der Waals surface area contributed by atoms with E-state index in [4.69, 9.17) is 16.0 Å². The molecule has 1 heterocycles. The Morgan fingerprint density at radius 2 is 2.21 bits per heavy atom. The normalized spacial score (nSPS) is 10.6.